The van der Waals surface area contributed by atoms with Crippen molar-refractivity contribution in [2.45, 2.75) is 57.6 Å². The van der Waals surface area contributed by atoms with Gasteiger partial charge in [-0.25, -0.2) is 13.6 Å². The molecule has 29 heavy (non-hydrogen) atoms. The van der Waals surface area contributed by atoms with E-state index in [9.17, 15) is 18.4 Å². The predicted octanol–water partition coefficient (Wildman–Crippen LogP) is 3.59. The number of methoxy groups -OCH3 is 1. The highest BCUT2D eigenvalue weighted by molar-refractivity contribution is 5.79. The van der Waals surface area contributed by atoms with Crippen molar-refractivity contribution in [2.75, 3.05) is 20.2 Å². The number of benzene rings is 1. The molecule has 1 heterocycles. The van der Waals surface area contributed by atoms with Crippen LogP contribution < -0.4 is 10.1 Å². The topological polar surface area (TPSA) is 67.9 Å². The molecule has 2 fully saturated rings. The van der Waals surface area contributed by atoms with E-state index in [1.165, 1.54) is 7.11 Å². The Bertz CT molecular complexity index is 766. The molecular formula is C21H28F2N2O4. The fourth-order valence-electron chi connectivity index (χ4n) is 3.66. The quantitative estimate of drug-likeness (QED) is 0.806. The number of carbonyl (C=O) groups excluding carboxylic acids is 2. The van der Waals surface area contributed by atoms with Crippen molar-refractivity contribution < 1.29 is 27.8 Å². The fourth-order valence-corrected chi connectivity index (χ4v) is 3.66. The van der Waals surface area contributed by atoms with E-state index in [2.05, 4.69) is 5.32 Å². The molecule has 8 heteroatoms. The van der Waals surface area contributed by atoms with Crippen molar-refractivity contribution in [3.8, 4) is 5.75 Å². The molecule has 160 valence electrons. The van der Waals surface area contributed by atoms with Crippen LogP contribution in [0.2, 0.25) is 0 Å². The lowest BCUT2D eigenvalue weighted by Gasteiger charge is -2.39. The third kappa shape index (κ3) is 5.36. The summed E-state index contributed by atoms with van der Waals surface area (Å²) in [6, 6.07) is 1.51. The van der Waals surface area contributed by atoms with E-state index in [1.54, 1.807) is 25.7 Å². The minimum Gasteiger partial charge on any atom is -0.497 e. The summed E-state index contributed by atoms with van der Waals surface area (Å²) in [4.78, 5) is 26.7. The van der Waals surface area contributed by atoms with Gasteiger partial charge in [-0.2, -0.15) is 0 Å². The van der Waals surface area contributed by atoms with Crippen LogP contribution in [0.4, 0.5) is 13.6 Å². The monoisotopic (exact) mass is 410 g/mol. The Hall–Kier alpha value is -2.38. The Morgan fingerprint density at radius 2 is 1.86 bits per heavy atom. The zero-order valence-electron chi connectivity index (χ0n) is 17.3. The van der Waals surface area contributed by atoms with Gasteiger partial charge in [0.05, 0.1) is 13.2 Å². The number of piperidine rings is 1. The highest BCUT2D eigenvalue weighted by atomic mass is 19.1. The Morgan fingerprint density at radius 1 is 1.24 bits per heavy atom. The molecule has 1 aliphatic heterocycles. The molecule has 0 bridgehead atoms. The summed E-state index contributed by atoms with van der Waals surface area (Å²) >= 11 is 0. The first-order valence-corrected chi connectivity index (χ1v) is 9.87. The lowest BCUT2D eigenvalue weighted by Crippen LogP contribution is -2.55. The van der Waals surface area contributed by atoms with Crippen molar-refractivity contribution in [2.24, 2.45) is 5.92 Å². The third-order valence-electron chi connectivity index (χ3n) is 5.19. The van der Waals surface area contributed by atoms with E-state index < -0.39 is 35.3 Å². The van der Waals surface area contributed by atoms with E-state index >= 15 is 0 Å². The van der Waals surface area contributed by atoms with Gasteiger partial charge in [-0.15, -0.1) is 0 Å². The maximum Gasteiger partial charge on any atom is 0.407 e. The van der Waals surface area contributed by atoms with Crippen LogP contribution in [0.15, 0.2) is 12.1 Å². The summed E-state index contributed by atoms with van der Waals surface area (Å²) in [7, 11) is 1.32. The zero-order valence-corrected chi connectivity index (χ0v) is 17.3. The highest BCUT2D eigenvalue weighted by Crippen LogP contribution is 2.37. The zero-order chi connectivity index (χ0) is 21.3. The van der Waals surface area contributed by atoms with Gasteiger partial charge in [0.1, 0.15) is 23.0 Å². The number of rotatable bonds is 5. The molecule has 6 nitrogen and oxygen atoms in total. The standard InChI is InChI=1S/C21H28F2N2O4/c1-21(2,3)29-20(27)24-17-11-25(10-12-5-6-12)18(26)9-14(17)19-15(22)7-13(28-4)8-16(19)23/h7-8,12,14,17H,5-6,9-11H2,1-4H3,(H,24,27)/t14?,17-/m0/s1. The normalized spacial score (nSPS) is 22.4. The molecule has 1 aromatic carbocycles. The Balaban J connectivity index is 1.87. The number of likely N-dealkylation sites (tertiary alicyclic amines) is 1. The van der Waals surface area contributed by atoms with Crippen molar-refractivity contribution >= 4 is 12.0 Å². The van der Waals surface area contributed by atoms with Gasteiger partial charge in [-0.1, -0.05) is 0 Å². The number of alkyl carbamates (subject to hydrolysis) is 1. The highest BCUT2D eigenvalue weighted by Gasteiger charge is 2.41. The molecule has 1 saturated carbocycles. The van der Waals surface area contributed by atoms with E-state index in [-0.39, 0.29) is 30.2 Å². The number of nitrogens with one attached hydrogen (secondary N) is 1. The van der Waals surface area contributed by atoms with E-state index in [0.717, 1.165) is 25.0 Å². The van der Waals surface area contributed by atoms with Gasteiger partial charge < -0.3 is 19.7 Å². The first-order chi connectivity index (χ1) is 13.6. The number of ether oxygens (including phenoxy) is 2. The van der Waals surface area contributed by atoms with E-state index in [1.807, 2.05) is 0 Å². The molecular weight excluding hydrogens is 382 g/mol. The molecule has 0 aromatic heterocycles. The van der Waals surface area contributed by atoms with E-state index in [4.69, 9.17) is 9.47 Å². The summed E-state index contributed by atoms with van der Waals surface area (Å²) in [6.07, 6.45) is 1.37. The van der Waals surface area contributed by atoms with Crippen LogP contribution in [0.1, 0.15) is 51.5 Å². The van der Waals surface area contributed by atoms with Crippen LogP contribution in [0.25, 0.3) is 0 Å². The average molecular weight is 410 g/mol. The lowest BCUT2D eigenvalue weighted by atomic mass is 9.84. The van der Waals surface area contributed by atoms with Gasteiger partial charge in [0.15, 0.2) is 0 Å². The van der Waals surface area contributed by atoms with Crippen molar-refractivity contribution in [1.82, 2.24) is 10.2 Å². The number of amides is 2. The summed E-state index contributed by atoms with van der Waals surface area (Å²) in [6.45, 7) is 5.99. The molecule has 2 atom stereocenters. The number of carbonyl (C=O) groups is 2. The van der Waals surface area contributed by atoms with Gasteiger partial charge in [0.25, 0.3) is 0 Å². The second kappa shape index (κ2) is 8.16. The number of hydrogen-bond acceptors (Lipinski definition) is 4. The maximum absolute atomic E-state index is 14.7. The molecule has 2 aliphatic rings. The molecule has 1 saturated heterocycles. The SMILES string of the molecule is COc1cc(F)c(C2CC(=O)N(CC3CC3)C[C@@H]2NC(=O)OC(C)(C)C)c(F)c1. The molecule has 1 aliphatic carbocycles. The molecule has 3 rings (SSSR count). The molecule has 2 amide bonds. The molecule has 1 N–H and O–H groups in total. The van der Waals surface area contributed by atoms with Crippen molar-refractivity contribution in [3.63, 3.8) is 0 Å². The second-order valence-corrected chi connectivity index (χ2v) is 8.81. The fraction of sp³-hybridized carbons (Fsp3) is 0.619. The number of halogens is 2. The molecule has 0 spiro atoms. The van der Waals surface area contributed by atoms with Gasteiger partial charge >= 0.3 is 6.09 Å². The first kappa shape index (κ1) is 21.3. The largest absolute Gasteiger partial charge is 0.497 e. The van der Waals surface area contributed by atoms with Gasteiger partial charge in [0.2, 0.25) is 5.91 Å². The van der Waals surface area contributed by atoms with Crippen LogP contribution in [-0.2, 0) is 9.53 Å². The summed E-state index contributed by atoms with van der Waals surface area (Å²) in [5, 5.41) is 2.73. The van der Waals surface area contributed by atoms with Crippen LogP contribution in [-0.4, -0.2) is 48.7 Å². The van der Waals surface area contributed by atoms with Gasteiger partial charge in [-0.3, -0.25) is 4.79 Å². The average Bonchev–Trinajstić information content (AvgIpc) is 3.40. The van der Waals surface area contributed by atoms with Crippen LogP contribution in [0.5, 0.6) is 5.75 Å². The minimum atomic E-state index is -0.837. The number of hydrogen-bond donors (Lipinski definition) is 1. The van der Waals surface area contributed by atoms with Crippen molar-refractivity contribution in [1.29, 1.82) is 0 Å². The van der Waals surface area contributed by atoms with E-state index in [0.29, 0.717) is 12.5 Å². The third-order valence-corrected chi connectivity index (χ3v) is 5.19. The van der Waals surface area contributed by atoms with Crippen LogP contribution in [0, 0.1) is 17.6 Å². The lowest BCUT2D eigenvalue weighted by molar-refractivity contribution is -0.135. The van der Waals surface area contributed by atoms with Crippen LogP contribution in [0.3, 0.4) is 0 Å². The Morgan fingerprint density at radius 3 is 2.38 bits per heavy atom. The molecule has 0 radical (unpaired) electrons. The summed E-state index contributed by atoms with van der Waals surface area (Å²) in [5.74, 6) is -2.09. The first-order valence-electron chi connectivity index (χ1n) is 9.87. The Kier molecular flexibility index (Phi) is 6.00. The van der Waals surface area contributed by atoms with Crippen molar-refractivity contribution in [3.05, 3.63) is 29.3 Å². The van der Waals surface area contributed by atoms with Gasteiger partial charge in [-0.05, 0) is 39.5 Å². The maximum atomic E-state index is 14.7. The summed E-state index contributed by atoms with van der Waals surface area (Å²) in [5.41, 5.74) is -0.930. The predicted molar refractivity (Wildman–Crippen MR) is 103 cm³/mol. The summed E-state index contributed by atoms with van der Waals surface area (Å²) < 4.78 is 39.7. The second-order valence-electron chi connectivity index (χ2n) is 8.81. The smallest absolute Gasteiger partial charge is 0.407 e. The minimum absolute atomic E-state index is 0.0536. The van der Waals surface area contributed by atoms with Crippen LogP contribution >= 0.6 is 0 Å². The number of nitrogens with zero attached hydrogens (tertiary/aromatic N) is 1. The Labute approximate surface area is 169 Å². The van der Waals surface area contributed by atoms with Gasteiger partial charge in [0, 0.05) is 43.1 Å². The molecule has 1 unspecified atom stereocenters. The molecule has 1 aromatic rings.